The molecule has 5 amide bonds. The van der Waals surface area contributed by atoms with Crippen molar-refractivity contribution in [2.45, 2.75) is 105 Å². The number of carbonyl (C=O) groups is 4. The molecule has 0 radical (unpaired) electrons. The summed E-state index contributed by atoms with van der Waals surface area (Å²) in [6.45, 7) is 14.2. The molecule has 0 spiro atoms. The lowest BCUT2D eigenvalue weighted by Crippen LogP contribution is -2.59. The Bertz CT molecular complexity index is 2070. The Morgan fingerprint density at radius 1 is 0.800 bits per heavy atom. The molecule has 13 nitrogen and oxygen atoms in total. The number of nitrogens with one attached hydrogen (secondary N) is 2. The maximum atomic E-state index is 14.6. The van der Waals surface area contributed by atoms with Gasteiger partial charge in [-0.25, -0.2) is 9.59 Å². The predicted octanol–water partition coefficient (Wildman–Crippen LogP) is 6.33. The van der Waals surface area contributed by atoms with Crippen LogP contribution in [0.2, 0.25) is 0 Å². The Balaban J connectivity index is 1.43. The van der Waals surface area contributed by atoms with Crippen LogP contribution < -0.4 is 10.6 Å². The molecule has 1 aliphatic rings. The molecular formula is C47H61N7O6. The summed E-state index contributed by atoms with van der Waals surface area (Å²) in [7, 11) is 1.37. The van der Waals surface area contributed by atoms with Crippen LogP contribution in [0.1, 0.15) is 70.5 Å². The maximum absolute atomic E-state index is 14.6. The zero-order chi connectivity index (χ0) is 43.8. The summed E-state index contributed by atoms with van der Waals surface area (Å²) >= 11 is 0. The summed E-state index contributed by atoms with van der Waals surface area (Å²) < 4.78 is 0. The summed E-state index contributed by atoms with van der Waals surface area (Å²) in [6, 6.07) is 25.1. The molecule has 4 aromatic rings. The highest BCUT2D eigenvalue weighted by Crippen LogP contribution is 2.30. The number of urea groups is 1. The van der Waals surface area contributed by atoms with Crippen molar-refractivity contribution in [1.29, 1.82) is 0 Å². The minimum absolute atomic E-state index is 0.0270. The molecule has 2 aromatic carbocycles. The average molecular weight is 820 g/mol. The first-order chi connectivity index (χ1) is 28.3. The summed E-state index contributed by atoms with van der Waals surface area (Å²) in [5.41, 5.74) is 3.68. The number of benzene rings is 2. The van der Waals surface area contributed by atoms with Crippen LogP contribution in [-0.2, 0) is 29.0 Å². The summed E-state index contributed by atoms with van der Waals surface area (Å²) in [5.74, 6) is -0.892. The van der Waals surface area contributed by atoms with Crippen molar-refractivity contribution >= 4 is 23.9 Å². The van der Waals surface area contributed by atoms with E-state index in [4.69, 9.17) is 0 Å². The molecule has 13 heteroatoms. The van der Waals surface area contributed by atoms with Gasteiger partial charge in [-0.15, -0.1) is 0 Å². The van der Waals surface area contributed by atoms with Crippen LogP contribution in [0.5, 0.6) is 0 Å². The number of likely N-dealkylation sites (N-methyl/N-ethyl adjacent to an activating group) is 1. The number of aryl methyl sites for hydroxylation is 1. The van der Waals surface area contributed by atoms with Crippen molar-refractivity contribution in [1.82, 2.24) is 35.3 Å². The fourth-order valence-electron chi connectivity index (χ4n) is 8.11. The largest absolute Gasteiger partial charge is 0.465 e. The minimum atomic E-state index is -1.24. The minimum Gasteiger partial charge on any atom is -0.465 e. The van der Waals surface area contributed by atoms with E-state index < -0.39 is 59.0 Å². The number of aliphatic hydroxyl groups is 1. The second kappa shape index (κ2) is 19.5. The van der Waals surface area contributed by atoms with Gasteiger partial charge in [-0.3, -0.25) is 24.5 Å². The summed E-state index contributed by atoms with van der Waals surface area (Å²) in [5, 5.41) is 28.4. The molecule has 2 aromatic heterocycles. The van der Waals surface area contributed by atoms with Gasteiger partial charge in [0.15, 0.2) is 0 Å². The van der Waals surface area contributed by atoms with Crippen LogP contribution in [0, 0.1) is 17.8 Å². The van der Waals surface area contributed by atoms with Gasteiger partial charge in [-0.05, 0) is 72.4 Å². The molecule has 5 rings (SSSR count). The highest BCUT2D eigenvalue weighted by molar-refractivity contribution is 5.89. The number of carboxylic acid groups (broad SMARTS) is 1. The highest BCUT2D eigenvalue weighted by Gasteiger charge is 2.45. The van der Waals surface area contributed by atoms with Gasteiger partial charge in [0.1, 0.15) is 12.1 Å². The van der Waals surface area contributed by atoms with E-state index in [9.17, 15) is 29.4 Å². The van der Waals surface area contributed by atoms with Crippen LogP contribution in [0.4, 0.5) is 9.59 Å². The van der Waals surface area contributed by atoms with Gasteiger partial charge < -0.3 is 30.6 Å². The predicted molar refractivity (Wildman–Crippen MR) is 232 cm³/mol. The van der Waals surface area contributed by atoms with Crippen LogP contribution in [-0.4, -0.2) is 109 Å². The van der Waals surface area contributed by atoms with Crippen molar-refractivity contribution in [2.75, 3.05) is 20.1 Å². The molecule has 0 unspecified atom stereocenters. The molecule has 0 saturated carbocycles. The molecule has 1 saturated heterocycles. The second-order valence-electron chi connectivity index (χ2n) is 18.0. The fraction of sp³-hybridized carbons (Fsp3) is 0.447. The second-order valence-corrected chi connectivity index (χ2v) is 18.0. The smallest absolute Gasteiger partial charge is 0.407 e. The molecule has 60 heavy (non-hydrogen) atoms. The maximum Gasteiger partial charge on any atom is 0.407 e. The molecule has 1 fully saturated rings. The molecule has 0 bridgehead atoms. The monoisotopic (exact) mass is 819 g/mol. The van der Waals surface area contributed by atoms with Gasteiger partial charge in [0.05, 0.1) is 30.1 Å². The van der Waals surface area contributed by atoms with Gasteiger partial charge >= 0.3 is 12.1 Å². The summed E-state index contributed by atoms with van der Waals surface area (Å²) in [6.07, 6.45) is -0.0708. The standard InChI is InChI=1S/C47H61N7O6/c1-31-15-14-18-35(49-31)30-53-25-26-54(44(53)58)41(47(5,6)7)43(57)51-38(28-32-16-10-9-11-17-32)39(55)29-36(50-42(56)40(46(2,3)4)52(8)45(59)60)27-33-20-22-34(23-21-33)37-19-12-13-24-48-37/h9-24,36,38-41,55H,25-30H2,1-8H3,(H,50,56)(H,51,57)(H,59,60)/t36-,38+,39+,40-,41-/m1/s1. The molecular weight excluding hydrogens is 759 g/mol. The van der Waals surface area contributed by atoms with Crippen LogP contribution in [0.15, 0.2) is 97.2 Å². The third kappa shape index (κ3) is 11.9. The first kappa shape index (κ1) is 45.3. The van der Waals surface area contributed by atoms with E-state index in [2.05, 4.69) is 20.6 Å². The van der Waals surface area contributed by atoms with E-state index in [-0.39, 0.29) is 18.9 Å². The number of nitrogens with zero attached hydrogens (tertiary/aromatic N) is 5. The lowest BCUT2D eigenvalue weighted by Gasteiger charge is -2.38. The Labute approximate surface area is 354 Å². The zero-order valence-corrected chi connectivity index (χ0v) is 36.1. The Morgan fingerprint density at radius 2 is 1.47 bits per heavy atom. The molecule has 5 atom stereocenters. The van der Waals surface area contributed by atoms with E-state index in [1.807, 2.05) is 119 Å². The van der Waals surface area contributed by atoms with Crippen LogP contribution in [0.25, 0.3) is 11.3 Å². The van der Waals surface area contributed by atoms with Gasteiger partial charge in [-0.1, -0.05) is 108 Å². The van der Waals surface area contributed by atoms with E-state index in [1.165, 1.54) is 7.05 Å². The third-order valence-corrected chi connectivity index (χ3v) is 10.9. The number of hydrogen-bond donors (Lipinski definition) is 4. The lowest BCUT2D eigenvalue weighted by molar-refractivity contribution is -0.131. The van der Waals surface area contributed by atoms with Gasteiger partial charge in [0.2, 0.25) is 11.8 Å². The first-order valence-electron chi connectivity index (χ1n) is 20.6. The van der Waals surface area contributed by atoms with Crippen LogP contribution in [0.3, 0.4) is 0 Å². The van der Waals surface area contributed by atoms with Crippen molar-refractivity contribution in [3.63, 3.8) is 0 Å². The van der Waals surface area contributed by atoms with Gasteiger partial charge in [0.25, 0.3) is 0 Å². The number of aliphatic hydroxyl groups excluding tert-OH is 1. The molecule has 3 heterocycles. The van der Waals surface area contributed by atoms with Crippen molar-refractivity contribution < 1.29 is 29.4 Å². The zero-order valence-electron chi connectivity index (χ0n) is 36.1. The topological polar surface area (TPSA) is 168 Å². The normalized spacial score (nSPS) is 15.8. The van der Waals surface area contributed by atoms with Gasteiger partial charge in [0, 0.05) is 43.6 Å². The Kier molecular flexibility index (Phi) is 14.7. The van der Waals surface area contributed by atoms with Crippen molar-refractivity contribution in [2.24, 2.45) is 10.8 Å². The molecule has 0 aliphatic carbocycles. The average Bonchev–Trinajstić information content (AvgIpc) is 3.52. The SMILES string of the molecule is Cc1cccc(CN2CCN([C@H](C(=O)N[C@@H](Cc3ccccc3)[C@@H](O)C[C@@H](Cc3ccc(-c4ccccn4)cc3)NC(=O)[C@@H](N(C)C(=O)O)C(C)(C)C)C(C)(C)C)C2=O)n1. The van der Waals surface area contributed by atoms with Crippen molar-refractivity contribution in [3.05, 3.63) is 120 Å². The lowest BCUT2D eigenvalue weighted by atomic mass is 9.84. The number of rotatable bonds is 16. The van der Waals surface area contributed by atoms with E-state index in [0.29, 0.717) is 26.1 Å². The number of hydrogen-bond acceptors (Lipinski definition) is 7. The number of carbonyl (C=O) groups excluding carboxylic acids is 3. The quantitative estimate of drug-likeness (QED) is 0.102. The van der Waals surface area contributed by atoms with E-state index >= 15 is 0 Å². The fourth-order valence-corrected chi connectivity index (χ4v) is 8.11. The van der Waals surface area contributed by atoms with Gasteiger partial charge in [-0.2, -0.15) is 0 Å². The van der Waals surface area contributed by atoms with E-state index in [1.54, 1.807) is 36.8 Å². The van der Waals surface area contributed by atoms with Crippen molar-refractivity contribution in [3.8, 4) is 11.3 Å². The Hall–Kier alpha value is -5.82. The third-order valence-electron chi connectivity index (χ3n) is 10.9. The number of pyridine rings is 2. The van der Waals surface area contributed by atoms with E-state index in [0.717, 1.165) is 38.7 Å². The number of amides is 5. The summed E-state index contributed by atoms with van der Waals surface area (Å²) in [4.78, 5) is 68.1. The number of aromatic nitrogens is 2. The molecule has 4 N–H and O–H groups in total. The molecule has 320 valence electrons. The first-order valence-corrected chi connectivity index (χ1v) is 20.6. The molecule has 1 aliphatic heterocycles. The Morgan fingerprint density at radius 3 is 2.07 bits per heavy atom. The highest BCUT2D eigenvalue weighted by atomic mass is 16.4. The van der Waals surface area contributed by atoms with Crippen LogP contribution >= 0.6 is 0 Å².